The van der Waals surface area contributed by atoms with Gasteiger partial charge in [-0.05, 0) is 30.9 Å². The molecule has 1 aromatic heterocycles. The Balaban J connectivity index is 2.67. The summed E-state index contributed by atoms with van der Waals surface area (Å²) in [5.41, 5.74) is 0. The van der Waals surface area contributed by atoms with Gasteiger partial charge in [-0.25, -0.2) is 13.1 Å². The van der Waals surface area contributed by atoms with Gasteiger partial charge in [0, 0.05) is 18.0 Å². The zero-order valence-electron chi connectivity index (χ0n) is 11.9. The molecule has 1 heterocycles. The van der Waals surface area contributed by atoms with Crippen LogP contribution in [0.15, 0.2) is 16.3 Å². The lowest BCUT2D eigenvalue weighted by atomic mass is 10.0. The first-order chi connectivity index (χ1) is 9.89. The highest BCUT2D eigenvalue weighted by Gasteiger charge is 2.19. The van der Waals surface area contributed by atoms with E-state index in [2.05, 4.69) is 4.72 Å². The lowest BCUT2D eigenvalue weighted by Gasteiger charge is -2.15. The van der Waals surface area contributed by atoms with Crippen LogP contribution in [-0.4, -0.2) is 37.8 Å². The van der Waals surface area contributed by atoms with E-state index in [1.54, 1.807) is 0 Å². The van der Waals surface area contributed by atoms with Crippen LogP contribution < -0.4 is 4.72 Å². The summed E-state index contributed by atoms with van der Waals surface area (Å²) in [5, 5.41) is 17.7. The number of sulfonamides is 1. The predicted molar refractivity (Wildman–Crippen MR) is 80.9 cm³/mol. The van der Waals surface area contributed by atoms with Crippen LogP contribution in [0, 0.1) is 5.92 Å². The summed E-state index contributed by atoms with van der Waals surface area (Å²) in [6, 6.07) is 2.94. The van der Waals surface area contributed by atoms with E-state index in [9.17, 15) is 13.2 Å². The Morgan fingerprint density at radius 3 is 2.67 bits per heavy atom. The lowest BCUT2D eigenvalue weighted by Crippen LogP contribution is -2.29. The van der Waals surface area contributed by atoms with Gasteiger partial charge < -0.3 is 10.2 Å². The molecular weight excluding hydrogens is 314 g/mol. The minimum Gasteiger partial charge on any atom is -0.481 e. The number of thiophene rings is 1. The van der Waals surface area contributed by atoms with Crippen molar-refractivity contribution in [3.63, 3.8) is 0 Å². The molecule has 0 aliphatic heterocycles. The van der Waals surface area contributed by atoms with Gasteiger partial charge >= 0.3 is 5.97 Å². The van der Waals surface area contributed by atoms with E-state index >= 15 is 0 Å². The number of aliphatic hydroxyl groups excluding tert-OH is 1. The van der Waals surface area contributed by atoms with E-state index in [0.717, 1.165) is 24.2 Å². The first kappa shape index (κ1) is 18.1. The quantitative estimate of drug-likeness (QED) is 0.600. The molecule has 8 heteroatoms. The van der Waals surface area contributed by atoms with Crippen molar-refractivity contribution >= 4 is 27.3 Å². The Labute approximate surface area is 128 Å². The molecule has 1 atom stereocenters. The van der Waals surface area contributed by atoms with Gasteiger partial charge in [0.2, 0.25) is 10.0 Å². The van der Waals surface area contributed by atoms with Crippen molar-refractivity contribution in [2.45, 2.75) is 36.8 Å². The maximum Gasteiger partial charge on any atom is 0.308 e. The molecule has 0 aliphatic rings. The fourth-order valence-corrected chi connectivity index (χ4v) is 4.49. The summed E-state index contributed by atoms with van der Waals surface area (Å²) in [6.45, 7) is 2.33. The molecule has 0 amide bonds. The van der Waals surface area contributed by atoms with Gasteiger partial charge in [0.1, 0.15) is 4.21 Å². The van der Waals surface area contributed by atoms with Crippen LogP contribution in [0.1, 0.15) is 31.1 Å². The minimum atomic E-state index is -3.61. The van der Waals surface area contributed by atoms with Crippen molar-refractivity contribution in [3.8, 4) is 0 Å². The molecule has 3 N–H and O–H groups in total. The van der Waals surface area contributed by atoms with Crippen molar-refractivity contribution in [2.24, 2.45) is 5.92 Å². The van der Waals surface area contributed by atoms with E-state index in [-0.39, 0.29) is 29.7 Å². The van der Waals surface area contributed by atoms with E-state index in [0.29, 0.717) is 11.3 Å². The van der Waals surface area contributed by atoms with Crippen molar-refractivity contribution in [2.75, 3.05) is 13.2 Å². The second-order valence-electron chi connectivity index (χ2n) is 4.81. The Morgan fingerprint density at radius 2 is 2.10 bits per heavy atom. The van der Waals surface area contributed by atoms with Crippen molar-refractivity contribution in [3.05, 3.63) is 17.0 Å². The van der Waals surface area contributed by atoms with Crippen LogP contribution in [0.5, 0.6) is 0 Å². The highest BCUT2D eigenvalue weighted by Crippen LogP contribution is 2.22. The zero-order chi connectivity index (χ0) is 15.9. The average Bonchev–Trinajstić information content (AvgIpc) is 2.85. The van der Waals surface area contributed by atoms with Gasteiger partial charge in [-0.2, -0.15) is 0 Å². The summed E-state index contributed by atoms with van der Waals surface area (Å²) in [4.78, 5) is 11.1. The Bertz CT molecular complexity index is 547. The van der Waals surface area contributed by atoms with Crippen LogP contribution in [0.3, 0.4) is 0 Å². The fraction of sp³-hybridized carbons (Fsp3) is 0.615. The summed E-state index contributed by atoms with van der Waals surface area (Å²) in [6.07, 6.45) is 2.15. The molecule has 0 saturated carbocycles. The minimum absolute atomic E-state index is 0.0359. The first-order valence-electron chi connectivity index (χ1n) is 6.80. The molecule has 0 aromatic carbocycles. The van der Waals surface area contributed by atoms with Gasteiger partial charge in [0.25, 0.3) is 0 Å². The van der Waals surface area contributed by atoms with Gasteiger partial charge in [-0.15, -0.1) is 11.3 Å². The van der Waals surface area contributed by atoms with E-state index < -0.39 is 16.0 Å². The number of carboxylic acid groups (broad SMARTS) is 1. The normalized spacial score (nSPS) is 13.2. The van der Waals surface area contributed by atoms with Crippen molar-refractivity contribution < 1.29 is 23.4 Å². The number of carbonyl (C=O) groups is 1. The molecule has 1 rings (SSSR count). The smallest absolute Gasteiger partial charge is 0.308 e. The first-order valence-corrected chi connectivity index (χ1v) is 9.10. The Morgan fingerprint density at radius 1 is 1.38 bits per heavy atom. The molecule has 6 nitrogen and oxygen atoms in total. The fourth-order valence-electron chi connectivity index (χ4n) is 1.98. The zero-order valence-corrected chi connectivity index (χ0v) is 13.5. The summed E-state index contributed by atoms with van der Waals surface area (Å²) in [7, 11) is -3.61. The molecule has 1 unspecified atom stereocenters. The molecule has 0 bridgehead atoms. The van der Waals surface area contributed by atoms with Crippen LogP contribution in [0.25, 0.3) is 0 Å². The maximum atomic E-state index is 12.1. The third-order valence-corrected chi connectivity index (χ3v) is 6.02. The van der Waals surface area contributed by atoms with Gasteiger partial charge in [-0.1, -0.05) is 13.3 Å². The van der Waals surface area contributed by atoms with Crippen LogP contribution in [0.2, 0.25) is 0 Å². The molecule has 0 aliphatic carbocycles. The molecule has 0 fully saturated rings. The summed E-state index contributed by atoms with van der Waals surface area (Å²) in [5.74, 6) is -0.882. The SMILES string of the molecule is CCCC(CCO)CNS(=O)(=O)c1ccc(CC(=O)O)s1. The van der Waals surface area contributed by atoms with Gasteiger partial charge in [-0.3, -0.25) is 4.79 Å². The number of nitrogens with one attached hydrogen (secondary N) is 1. The second-order valence-corrected chi connectivity index (χ2v) is 7.97. The second kappa shape index (κ2) is 8.47. The van der Waals surface area contributed by atoms with Crippen LogP contribution >= 0.6 is 11.3 Å². The van der Waals surface area contributed by atoms with E-state index in [1.807, 2.05) is 6.92 Å². The molecule has 120 valence electrons. The molecular formula is C13H21NO5S2. The molecule has 0 saturated heterocycles. The largest absolute Gasteiger partial charge is 0.481 e. The summed E-state index contributed by atoms with van der Waals surface area (Å²) >= 11 is 0.966. The maximum absolute atomic E-state index is 12.1. The van der Waals surface area contributed by atoms with E-state index in [1.165, 1.54) is 12.1 Å². The highest BCUT2D eigenvalue weighted by atomic mass is 32.2. The number of aliphatic carboxylic acids is 1. The predicted octanol–water partition coefficient (Wildman–Crippen LogP) is 1.45. The Kier molecular flexibility index (Phi) is 7.30. The third kappa shape index (κ3) is 6.13. The molecule has 0 spiro atoms. The van der Waals surface area contributed by atoms with Crippen molar-refractivity contribution in [1.29, 1.82) is 0 Å². The van der Waals surface area contributed by atoms with Gasteiger partial charge in [0.05, 0.1) is 6.42 Å². The van der Waals surface area contributed by atoms with Crippen molar-refractivity contribution in [1.82, 2.24) is 4.72 Å². The van der Waals surface area contributed by atoms with Crippen LogP contribution in [-0.2, 0) is 21.2 Å². The summed E-state index contributed by atoms with van der Waals surface area (Å²) < 4.78 is 26.9. The molecule has 0 radical (unpaired) electrons. The van der Waals surface area contributed by atoms with Gasteiger partial charge in [0.15, 0.2) is 0 Å². The third-order valence-electron chi connectivity index (χ3n) is 3.02. The molecule has 21 heavy (non-hydrogen) atoms. The van der Waals surface area contributed by atoms with E-state index in [4.69, 9.17) is 10.2 Å². The highest BCUT2D eigenvalue weighted by molar-refractivity contribution is 7.91. The molecule has 1 aromatic rings. The monoisotopic (exact) mass is 335 g/mol. The standard InChI is InChI=1S/C13H21NO5S2/c1-2-3-10(6-7-15)9-14-21(18,19)13-5-4-11(20-13)8-12(16)17/h4-5,10,14-15H,2-3,6-9H2,1H3,(H,16,17). The van der Waals surface area contributed by atoms with Crippen LogP contribution in [0.4, 0.5) is 0 Å². The lowest BCUT2D eigenvalue weighted by molar-refractivity contribution is -0.136. The topological polar surface area (TPSA) is 104 Å². The number of hydrogen-bond donors (Lipinski definition) is 3. The number of aliphatic hydroxyl groups is 1. The number of carboxylic acids is 1. The number of rotatable bonds is 10. The Hall–Kier alpha value is -0.960. The average molecular weight is 335 g/mol. The number of hydrogen-bond acceptors (Lipinski definition) is 5.